The maximum atomic E-state index is 12.3. The van der Waals surface area contributed by atoms with Crippen LogP contribution in [-0.4, -0.2) is 46.1 Å². The molecule has 0 radical (unpaired) electrons. The number of nitrogens with one attached hydrogen (secondary N) is 1. The first-order chi connectivity index (χ1) is 9.13. The van der Waals surface area contributed by atoms with Crippen molar-refractivity contribution in [3.63, 3.8) is 0 Å². The average Bonchev–Trinajstić information content (AvgIpc) is 2.90. The van der Waals surface area contributed by atoms with E-state index in [1.54, 1.807) is 4.90 Å². The molecule has 1 aromatic rings. The molecule has 2 heterocycles. The Morgan fingerprint density at radius 1 is 1.47 bits per heavy atom. The minimum absolute atomic E-state index is 0.117. The van der Waals surface area contributed by atoms with Crippen LogP contribution in [-0.2, 0) is 0 Å². The Morgan fingerprint density at radius 3 is 2.84 bits per heavy atom. The van der Waals surface area contributed by atoms with Crippen LogP contribution in [0.15, 0.2) is 0 Å². The molecule has 4 N–H and O–H groups in total. The molecule has 19 heavy (non-hydrogen) atoms. The summed E-state index contributed by atoms with van der Waals surface area (Å²) < 4.78 is 0. The molecule has 3 rings (SSSR count). The van der Waals surface area contributed by atoms with Crippen LogP contribution in [0.2, 0.25) is 0 Å². The SMILES string of the molecule is Nc1nc(NC2CCC2)sc1C(=O)N1CCC(O)C1. The van der Waals surface area contributed by atoms with Crippen LogP contribution in [0.4, 0.5) is 10.9 Å². The summed E-state index contributed by atoms with van der Waals surface area (Å²) >= 11 is 1.31. The molecule has 104 valence electrons. The fourth-order valence-corrected chi connectivity index (χ4v) is 3.27. The number of carbonyl (C=O) groups excluding carboxylic acids is 1. The van der Waals surface area contributed by atoms with Crippen LogP contribution in [0.3, 0.4) is 0 Å². The van der Waals surface area contributed by atoms with E-state index in [1.165, 1.54) is 17.8 Å². The number of likely N-dealkylation sites (tertiary alicyclic amines) is 1. The molecule has 6 nitrogen and oxygen atoms in total. The average molecular weight is 282 g/mol. The highest BCUT2D eigenvalue weighted by Gasteiger charge is 2.29. The van der Waals surface area contributed by atoms with E-state index in [-0.39, 0.29) is 5.91 Å². The largest absolute Gasteiger partial charge is 0.391 e. The van der Waals surface area contributed by atoms with Crippen molar-refractivity contribution in [2.24, 2.45) is 0 Å². The summed E-state index contributed by atoms with van der Waals surface area (Å²) in [4.78, 5) is 18.6. The lowest BCUT2D eigenvalue weighted by atomic mass is 9.93. The van der Waals surface area contributed by atoms with Crippen molar-refractivity contribution in [1.82, 2.24) is 9.88 Å². The fraction of sp³-hybridized carbons (Fsp3) is 0.667. The molecule has 0 spiro atoms. The van der Waals surface area contributed by atoms with E-state index in [2.05, 4.69) is 10.3 Å². The quantitative estimate of drug-likeness (QED) is 0.766. The van der Waals surface area contributed by atoms with Crippen LogP contribution < -0.4 is 11.1 Å². The number of anilines is 2. The lowest BCUT2D eigenvalue weighted by molar-refractivity contribution is 0.0770. The van der Waals surface area contributed by atoms with E-state index in [1.807, 2.05) is 0 Å². The van der Waals surface area contributed by atoms with E-state index in [9.17, 15) is 9.90 Å². The van der Waals surface area contributed by atoms with E-state index < -0.39 is 6.10 Å². The van der Waals surface area contributed by atoms with Gasteiger partial charge in [0, 0.05) is 19.1 Å². The summed E-state index contributed by atoms with van der Waals surface area (Å²) in [6.45, 7) is 0.976. The lowest BCUT2D eigenvalue weighted by Crippen LogP contribution is -2.29. The number of β-amino-alcohol motifs (C(OH)–C–C–N with tert-alkyl or cyclic N) is 1. The second-order valence-electron chi connectivity index (χ2n) is 5.20. The zero-order chi connectivity index (χ0) is 13.4. The number of thiazole rings is 1. The van der Waals surface area contributed by atoms with Gasteiger partial charge in [0.25, 0.3) is 5.91 Å². The Morgan fingerprint density at radius 2 is 2.26 bits per heavy atom. The zero-order valence-corrected chi connectivity index (χ0v) is 11.4. The fourth-order valence-electron chi connectivity index (χ4n) is 2.34. The van der Waals surface area contributed by atoms with Crippen molar-refractivity contribution in [2.45, 2.75) is 37.8 Å². The van der Waals surface area contributed by atoms with Crippen molar-refractivity contribution in [2.75, 3.05) is 24.1 Å². The molecule has 2 aliphatic rings. The number of aliphatic hydroxyl groups excluding tert-OH is 1. The van der Waals surface area contributed by atoms with Gasteiger partial charge in [-0.15, -0.1) is 0 Å². The van der Waals surface area contributed by atoms with Gasteiger partial charge in [-0.2, -0.15) is 0 Å². The van der Waals surface area contributed by atoms with Crippen LogP contribution in [0.5, 0.6) is 0 Å². The molecule has 1 saturated carbocycles. The topological polar surface area (TPSA) is 91.5 Å². The van der Waals surface area contributed by atoms with Crippen LogP contribution in [0.1, 0.15) is 35.4 Å². The van der Waals surface area contributed by atoms with Crippen molar-refractivity contribution < 1.29 is 9.90 Å². The van der Waals surface area contributed by atoms with E-state index in [4.69, 9.17) is 5.73 Å². The Bertz CT molecular complexity index is 486. The van der Waals surface area contributed by atoms with Gasteiger partial charge in [-0.1, -0.05) is 11.3 Å². The highest BCUT2D eigenvalue weighted by Crippen LogP contribution is 2.30. The Labute approximate surface area is 115 Å². The van der Waals surface area contributed by atoms with E-state index in [0.29, 0.717) is 36.2 Å². The number of carbonyl (C=O) groups is 1. The zero-order valence-electron chi connectivity index (χ0n) is 10.6. The Kier molecular flexibility index (Phi) is 3.32. The molecule has 0 bridgehead atoms. The summed E-state index contributed by atoms with van der Waals surface area (Å²) in [5, 5.41) is 13.5. The highest BCUT2D eigenvalue weighted by atomic mass is 32.1. The number of aliphatic hydroxyl groups is 1. The number of nitrogens with zero attached hydrogens (tertiary/aromatic N) is 2. The smallest absolute Gasteiger partial charge is 0.267 e. The highest BCUT2D eigenvalue weighted by molar-refractivity contribution is 7.18. The number of nitrogen functional groups attached to an aromatic ring is 1. The number of amides is 1. The standard InChI is InChI=1S/C12H18N4O2S/c13-10-9(11(18)16-5-4-8(17)6-16)19-12(15-10)14-7-2-1-3-7/h7-8,17H,1-6,13H2,(H,14,15). The molecule has 2 fully saturated rings. The molecule has 0 aromatic carbocycles. The molecular formula is C12H18N4O2S. The molecule has 7 heteroatoms. The minimum atomic E-state index is -0.411. The predicted octanol–water partition coefficient (Wildman–Crippen LogP) is 0.897. The maximum absolute atomic E-state index is 12.3. The van der Waals surface area contributed by atoms with Crippen molar-refractivity contribution >= 4 is 28.2 Å². The number of hydrogen-bond donors (Lipinski definition) is 3. The third-order valence-corrected chi connectivity index (χ3v) is 4.72. The van der Waals surface area contributed by atoms with E-state index >= 15 is 0 Å². The van der Waals surface area contributed by atoms with Gasteiger partial charge in [0.05, 0.1) is 6.10 Å². The molecule has 1 aliphatic carbocycles. The van der Waals surface area contributed by atoms with Gasteiger partial charge in [0.1, 0.15) is 10.7 Å². The number of aromatic nitrogens is 1. The monoisotopic (exact) mass is 282 g/mol. The van der Waals surface area contributed by atoms with Gasteiger partial charge < -0.3 is 21.1 Å². The van der Waals surface area contributed by atoms with Gasteiger partial charge in [0.15, 0.2) is 5.13 Å². The van der Waals surface area contributed by atoms with Gasteiger partial charge in [-0.3, -0.25) is 4.79 Å². The summed E-state index contributed by atoms with van der Waals surface area (Å²) in [6.07, 6.45) is 3.78. The van der Waals surface area contributed by atoms with Gasteiger partial charge in [-0.25, -0.2) is 4.98 Å². The minimum Gasteiger partial charge on any atom is -0.391 e. The van der Waals surface area contributed by atoms with E-state index in [0.717, 1.165) is 18.0 Å². The second kappa shape index (κ2) is 4.97. The normalized spacial score (nSPS) is 23.4. The molecule has 1 amide bonds. The van der Waals surface area contributed by atoms with Crippen molar-refractivity contribution in [1.29, 1.82) is 0 Å². The van der Waals surface area contributed by atoms with Crippen molar-refractivity contribution in [3.05, 3.63) is 4.88 Å². The van der Waals surface area contributed by atoms with Crippen molar-refractivity contribution in [3.8, 4) is 0 Å². The first-order valence-electron chi connectivity index (χ1n) is 6.63. The van der Waals surface area contributed by atoms with Crippen LogP contribution >= 0.6 is 11.3 Å². The molecular weight excluding hydrogens is 264 g/mol. The summed E-state index contributed by atoms with van der Waals surface area (Å²) in [5.74, 6) is 0.173. The number of hydrogen-bond acceptors (Lipinski definition) is 6. The number of nitrogens with two attached hydrogens (primary N) is 1. The first-order valence-corrected chi connectivity index (χ1v) is 7.45. The predicted molar refractivity (Wildman–Crippen MR) is 74.3 cm³/mol. The maximum Gasteiger partial charge on any atom is 0.267 e. The third kappa shape index (κ3) is 2.52. The number of rotatable bonds is 3. The molecule has 1 atom stereocenters. The Hall–Kier alpha value is -1.34. The second-order valence-corrected chi connectivity index (χ2v) is 6.20. The summed E-state index contributed by atoms with van der Waals surface area (Å²) in [7, 11) is 0. The lowest BCUT2D eigenvalue weighted by Gasteiger charge is -2.25. The molecule has 1 saturated heterocycles. The van der Waals surface area contributed by atoms with Gasteiger partial charge in [0.2, 0.25) is 0 Å². The van der Waals surface area contributed by atoms with Crippen LogP contribution in [0.25, 0.3) is 0 Å². The molecule has 1 aliphatic heterocycles. The first kappa shape index (κ1) is 12.7. The molecule has 1 unspecified atom stereocenters. The van der Waals surface area contributed by atoms with Crippen LogP contribution in [0, 0.1) is 0 Å². The molecule has 1 aromatic heterocycles. The van der Waals surface area contributed by atoms with Gasteiger partial charge in [-0.05, 0) is 25.7 Å². The Balaban J connectivity index is 1.70. The summed E-state index contributed by atoms with van der Waals surface area (Å²) in [6, 6.07) is 0.474. The van der Waals surface area contributed by atoms with Gasteiger partial charge >= 0.3 is 0 Å². The summed E-state index contributed by atoms with van der Waals surface area (Å²) in [5.41, 5.74) is 5.83. The third-order valence-electron chi connectivity index (χ3n) is 3.73.